The molecule has 2 amide bonds. The van der Waals surface area contributed by atoms with Crippen molar-refractivity contribution in [1.29, 1.82) is 0 Å². The van der Waals surface area contributed by atoms with E-state index in [0.717, 1.165) is 0 Å². The quantitative estimate of drug-likeness (QED) is 0.666. The predicted molar refractivity (Wildman–Crippen MR) is 65.5 cm³/mol. The summed E-state index contributed by atoms with van der Waals surface area (Å²) in [5.41, 5.74) is 0. The molecule has 6 heteroatoms. The molecule has 1 heterocycles. The van der Waals surface area contributed by atoms with E-state index in [1.807, 2.05) is 23.9 Å². The fourth-order valence-electron chi connectivity index (χ4n) is 1.66. The van der Waals surface area contributed by atoms with Gasteiger partial charge in [0.05, 0.1) is 11.9 Å². The topological polar surface area (TPSA) is 43.9 Å². The van der Waals surface area contributed by atoms with E-state index in [1.165, 1.54) is 0 Å². The first-order valence-electron chi connectivity index (χ1n) is 5.31. The normalized spacial score (nSPS) is 16.8. The monoisotopic (exact) mass is 291 g/mol. The fourth-order valence-corrected chi connectivity index (χ4v) is 2.01. The second-order valence-electron chi connectivity index (χ2n) is 4.13. The van der Waals surface area contributed by atoms with Crippen LogP contribution >= 0.6 is 15.9 Å². The van der Waals surface area contributed by atoms with Crippen molar-refractivity contribution in [2.24, 2.45) is 0 Å². The van der Waals surface area contributed by atoms with Crippen molar-refractivity contribution in [3.8, 4) is 0 Å². The van der Waals surface area contributed by atoms with Gasteiger partial charge >= 0.3 is 0 Å². The van der Waals surface area contributed by atoms with Gasteiger partial charge in [-0.2, -0.15) is 0 Å². The van der Waals surface area contributed by atoms with Crippen LogP contribution in [0.4, 0.5) is 0 Å². The number of piperazine rings is 1. The van der Waals surface area contributed by atoms with Gasteiger partial charge in [0, 0.05) is 26.2 Å². The minimum absolute atomic E-state index is 0.0970. The molecule has 0 atom stereocenters. The zero-order chi connectivity index (χ0) is 12.1. The van der Waals surface area contributed by atoms with Crippen LogP contribution in [0.5, 0.6) is 0 Å². The Morgan fingerprint density at radius 2 is 1.50 bits per heavy atom. The van der Waals surface area contributed by atoms with Crippen molar-refractivity contribution in [2.75, 3.05) is 52.1 Å². The molecule has 1 aliphatic heterocycles. The second-order valence-corrected chi connectivity index (χ2v) is 4.69. The number of carbonyl (C=O) groups excluding carboxylic acids is 2. The number of alkyl halides is 1. The summed E-state index contributed by atoms with van der Waals surface area (Å²) < 4.78 is 0. The zero-order valence-electron chi connectivity index (χ0n) is 9.78. The first kappa shape index (κ1) is 13.4. The first-order chi connectivity index (χ1) is 7.54. The van der Waals surface area contributed by atoms with Crippen LogP contribution in [-0.4, -0.2) is 78.7 Å². The Bertz CT molecular complexity index is 263. The summed E-state index contributed by atoms with van der Waals surface area (Å²) in [5, 5.41) is 0.360. The van der Waals surface area contributed by atoms with Gasteiger partial charge in [-0.15, -0.1) is 0 Å². The predicted octanol–water partition coefficient (Wildman–Crippen LogP) is -0.386. The number of hydrogen-bond acceptors (Lipinski definition) is 3. The lowest BCUT2D eigenvalue weighted by atomic mass is 10.3. The van der Waals surface area contributed by atoms with Gasteiger partial charge in [-0.05, 0) is 14.1 Å². The molecule has 0 unspecified atom stereocenters. The lowest BCUT2D eigenvalue weighted by Crippen LogP contribution is -2.52. The van der Waals surface area contributed by atoms with Crippen LogP contribution in [0.2, 0.25) is 0 Å². The Balaban J connectivity index is 2.37. The van der Waals surface area contributed by atoms with Crippen molar-refractivity contribution in [2.45, 2.75) is 0 Å². The third kappa shape index (κ3) is 3.75. The SMILES string of the molecule is CN(C)CC(=O)N1CCN(C(=O)CBr)CC1. The van der Waals surface area contributed by atoms with E-state index in [-0.39, 0.29) is 11.8 Å². The van der Waals surface area contributed by atoms with Crippen molar-refractivity contribution in [1.82, 2.24) is 14.7 Å². The largest absolute Gasteiger partial charge is 0.338 e. The molecule has 92 valence electrons. The van der Waals surface area contributed by atoms with Gasteiger partial charge in [0.2, 0.25) is 11.8 Å². The maximum Gasteiger partial charge on any atom is 0.236 e. The number of rotatable bonds is 3. The van der Waals surface area contributed by atoms with Crippen molar-refractivity contribution >= 4 is 27.7 Å². The molecule has 0 N–H and O–H groups in total. The lowest BCUT2D eigenvalue weighted by Gasteiger charge is -2.35. The van der Waals surface area contributed by atoms with E-state index < -0.39 is 0 Å². The molecule has 1 aliphatic rings. The molecule has 1 saturated heterocycles. The molecule has 0 aromatic heterocycles. The average molecular weight is 292 g/mol. The van der Waals surface area contributed by atoms with E-state index >= 15 is 0 Å². The highest BCUT2D eigenvalue weighted by Gasteiger charge is 2.23. The number of carbonyl (C=O) groups is 2. The average Bonchev–Trinajstić information content (AvgIpc) is 2.27. The molecule has 16 heavy (non-hydrogen) atoms. The maximum absolute atomic E-state index is 11.7. The standard InChI is InChI=1S/C10H18BrN3O2/c1-12(2)8-10(16)14-5-3-13(4-6-14)9(15)7-11/h3-8H2,1-2H3. The first-order valence-corrected chi connectivity index (χ1v) is 6.43. The second kappa shape index (κ2) is 6.20. The Morgan fingerprint density at radius 3 is 1.88 bits per heavy atom. The third-order valence-electron chi connectivity index (χ3n) is 2.55. The van der Waals surface area contributed by atoms with Gasteiger partial charge in [0.15, 0.2) is 0 Å². The maximum atomic E-state index is 11.7. The number of amides is 2. The summed E-state index contributed by atoms with van der Waals surface area (Å²) in [6, 6.07) is 0. The van der Waals surface area contributed by atoms with Crippen molar-refractivity contribution < 1.29 is 9.59 Å². The summed E-state index contributed by atoms with van der Waals surface area (Å²) in [4.78, 5) is 28.6. The molecule has 0 aromatic rings. The molecule has 0 bridgehead atoms. The third-order valence-corrected chi connectivity index (χ3v) is 3.03. The summed E-state index contributed by atoms with van der Waals surface area (Å²) in [6.07, 6.45) is 0. The van der Waals surface area contributed by atoms with Crippen LogP contribution in [0.1, 0.15) is 0 Å². The molecule has 0 saturated carbocycles. The van der Waals surface area contributed by atoms with E-state index in [0.29, 0.717) is 38.1 Å². The molecule has 0 spiro atoms. The summed E-state index contributed by atoms with van der Waals surface area (Å²) in [6.45, 7) is 3.01. The number of nitrogens with zero attached hydrogens (tertiary/aromatic N) is 3. The van der Waals surface area contributed by atoms with Gasteiger partial charge in [0.25, 0.3) is 0 Å². The lowest BCUT2D eigenvalue weighted by molar-refractivity contribution is -0.138. The minimum atomic E-state index is 0.0970. The van der Waals surface area contributed by atoms with Crippen LogP contribution in [0, 0.1) is 0 Å². The molecular weight excluding hydrogens is 274 g/mol. The van der Waals surface area contributed by atoms with E-state index in [9.17, 15) is 9.59 Å². The molecule has 0 aromatic carbocycles. The van der Waals surface area contributed by atoms with E-state index in [4.69, 9.17) is 0 Å². The van der Waals surface area contributed by atoms with E-state index in [1.54, 1.807) is 4.90 Å². The highest BCUT2D eigenvalue weighted by Crippen LogP contribution is 2.04. The minimum Gasteiger partial charge on any atom is -0.338 e. The molecule has 1 rings (SSSR count). The van der Waals surface area contributed by atoms with E-state index in [2.05, 4.69) is 15.9 Å². The van der Waals surface area contributed by atoms with Gasteiger partial charge in [-0.3, -0.25) is 9.59 Å². The highest BCUT2D eigenvalue weighted by atomic mass is 79.9. The van der Waals surface area contributed by atoms with Crippen LogP contribution < -0.4 is 0 Å². The Kier molecular flexibility index (Phi) is 5.21. The van der Waals surface area contributed by atoms with Gasteiger partial charge in [-0.25, -0.2) is 0 Å². The summed E-state index contributed by atoms with van der Waals surface area (Å²) in [5.74, 6) is 0.232. The van der Waals surface area contributed by atoms with Crippen LogP contribution in [0.15, 0.2) is 0 Å². The summed E-state index contributed by atoms with van der Waals surface area (Å²) >= 11 is 3.15. The Labute approximate surface area is 104 Å². The summed E-state index contributed by atoms with van der Waals surface area (Å²) in [7, 11) is 3.75. The van der Waals surface area contributed by atoms with Crippen LogP contribution in [0.3, 0.4) is 0 Å². The van der Waals surface area contributed by atoms with Gasteiger partial charge in [0.1, 0.15) is 0 Å². The molecular formula is C10H18BrN3O2. The molecule has 5 nitrogen and oxygen atoms in total. The van der Waals surface area contributed by atoms with Gasteiger partial charge in [-0.1, -0.05) is 15.9 Å². The van der Waals surface area contributed by atoms with Crippen LogP contribution in [-0.2, 0) is 9.59 Å². The highest BCUT2D eigenvalue weighted by molar-refractivity contribution is 9.09. The Hall–Kier alpha value is -0.620. The number of hydrogen-bond donors (Lipinski definition) is 0. The molecule has 0 radical (unpaired) electrons. The Morgan fingerprint density at radius 1 is 1.06 bits per heavy atom. The zero-order valence-corrected chi connectivity index (χ0v) is 11.4. The van der Waals surface area contributed by atoms with Crippen molar-refractivity contribution in [3.05, 3.63) is 0 Å². The van der Waals surface area contributed by atoms with Crippen molar-refractivity contribution in [3.63, 3.8) is 0 Å². The van der Waals surface area contributed by atoms with Crippen LogP contribution in [0.25, 0.3) is 0 Å². The number of likely N-dealkylation sites (N-methyl/N-ethyl adjacent to an activating group) is 1. The molecule has 1 fully saturated rings. The molecule has 0 aliphatic carbocycles. The van der Waals surface area contributed by atoms with Gasteiger partial charge < -0.3 is 14.7 Å². The number of halogens is 1. The smallest absolute Gasteiger partial charge is 0.236 e. The fraction of sp³-hybridized carbons (Fsp3) is 0.800.